The number of hydrogen-bond donors (Lipinski definition) is 1. The number of hydrogen-bond acceptors (Lipinski definition) is 4. The predicted molar refractivity (Wildman–Crippen MR) is 87.6 cm³/mol. The molecule has 1 aromatic carbocycles. The number of aryl methyl sites for hydroxylation is 2. The number of nitrogens with zero attached hydrogens (tertiary/aromatic N) is 1. The van der Waals surface area contributed by atoms with Gasteiger partial charge in [-0.2, -0.15) is 0 Å². The van der Waals surface area contributed by atoms with Crippen molar-refractivity contribution in [3.05, 3.63) is 53.0 Å². The van der Waals surface area contributed by atoms with Crippen LogP contribution in [0.3, 0.4) is 0 Å². The minimum Gasteiger partial charge on any atom is -0.497 e. The monoisotopic (exact) mass is 328 g/mol. The van der Waals surface area contributed by atoms with E-state index in [1.54, 1.807) is 39.2 Å². The zero-order valence-electron chi connectivity index (χ0n) is 14.2. The molecule has 0 radical (unpaired) electrons. The Balaban J connectivity index is 1.87. The van der Waals surface area contributed by atoms with E-state index in [9.17, 15) is 9.59 Å². The van der Waals surface area contributed by atoms with Crippen LogP contribution in [-0.4, -0.2) is 23.9 Å². The van der Waals surface area contributed by atoms with Crippen LogP contribution in [0.5, 0.6) is 5.75 Å². The molecule has 1 aromatic heterocycles. The van der Waals surface area contributed by atoms with Gasteiger partial charge in [-0.3, -0.25) is 9.69 Å². The van der Waals surface area contributed by atoms with Gasteiger partial charge in [0, 0.05) is 5.56 Å². The van der Waals surface area contributed by atoms with E-state index in [-0.39, 0.29) is 12.5 Å². The van der Waals surface area contributed by atoms with E-state index in [0.717, 1.165) is 11.3 Å². The van der Waals surface area contributed by atoms with Crippen LogP contribution in [0.15, 0.2) is 34.7 Å². The van der Waals surface area contributed by atoms with Gasteiger partial charge in [0.1, 0.15) is 22.8 Å². The fourth-order valence-electron chi connectivity index (χ4n) is 3.06. The summed E-state index contributed by atoms with van der Waals surface area (Å²) >= 11 is 0. The summed E-state index contributed by atoms with van der Waals surface area (Å²) in [6.45, 7) is 5.52. The molecule has 126 valence electrons. The van der Waals surface area contributed by atoms with Gasteiger partial charge in [0.15, 0.2) is 0 Å². The van der Waals surface area contributed by atoms with Crippen molar-refractivity contribution >= 4 is 11.9 Å². The lowest BCUT2D eigenvalue weighted by Gasteiger charge is -2.21. The molecule has 1 saturated heterocycles. The number of furan rings is 1. The average molecular weight is 328 g/mol. The van der Waals surface area contributed by atoms with Gasteiger partial charge in [0.2, 0.25) is 0 Å². The number of urea groups is 1. The van der Waals surface area contributed by atoms with Gasteiger partial charge in [-0.05, 0) is 44.5 Å². The highest BCUT2D eigenvalue weighted by molar-refractivity contribution is 6.07. The number of amides is 3. The Morgan fingerprint density at radius 1 is 1.21 bits per heavy atom. The third-order valence-electron chi connectivity index (χ3n) is 4.35. The van der Waals surface area contributed by atoms with Gasteiger partial charge in [-0.15, -0.1) is 0 Å². The number of rotatable bonds is 4. The lowest BCUT2D eigenvalue weighted by atomic mass is 9.92. The third kappa shape index (κ3) is 2.54. The van der Waals surface area contributed by atoms with Crippen LogP contribution >= 0.6 is 0 Å². The summed E-state index contributed by atoms with van der Waals surface area (Å²) in [7, 11) is 1.59. The topological polar surface area (TPSA) is 71.8 Å². The van der Waals surface area contributed by atoms with Crippen LogP contribution < -0.4 is 10.1 Å². The summed E-state index contributed by atoms with van der Waals surface area (Å²) in [6, 6.07) is 8.67. The van der Waals surface area contributed by atoms with E-state index in [4.69, 9.17) is 9.15 Å². The maximum Gasteiger partial charge on any atom is 0.325 e. The molecule has 6 heteroatoms. The number of methoxy groups -OCH3 is 1. The lowest BCUT2D eigenvalue weighted by Crippen LogP contribution is -2.41. The quantitative estimate of drug-likeness (QED) is 0.876. The number of carbonyl (C=O) groups is 2. The number of imide groups is 1. The highest BCUT2D eigenvalue weighted by Gasteiger charge is 2.50. The van der Waals surface area contributed by atoms with E-state index in [2.05, 4.69) is 5.32 Å². The van der Waals surface area contributed by atoms with Crippen molar-refractivity contribution in [3.8, 4) is 5.75 Å². The molecule has 0 spiro atoms. The molecular weight excluding hydrogens is 308 g/mol. The first kappa shape index (κ1) is 16.1. The van der Waals surface area contributed by atoms with Crippen LogP contribution in [-0.2, 0) is 16.9 Å². The zero-order chi connectivity index (χ0) is 17.5. The van der Waals surface area contributed by atoms with Crippen LogP contribution in [0.1, 0.15) is 29.6 Å². The molecule has 3 amide bonds. The normalized spacial score (nSPS) is 20.4. The van der Waals surface area contributed by atoms with Crippen molar-refractivity contribution in [2.75, 3.05) is 7.11 Å². The molecule has 0 saturated carbocycles. The maximum absolute atomic E-state index is 12.9. The Kier molecular flexibility index (Phi) is 3.83. The standard InChI is InChI=1S/C18H20N2O4/c1-11-9-15(12(2)24-11)18(3)16(21)20(17(22)19-18)10-13-5-7-14(23-4)8-6-13/h5-9H,10H2,1-4H3,(H,19,22). The molecule has 6 nitrogen and oxygen atoms in total. The van der Waals surface area contributed by atoms with Gasteiger partial charge in [-0.25, -0.2) is 4.79 Å². The van der Waals surface area contributed by atoms with Crippen molar-refractivity contribution < 1.29 is 18.7 Å². The van der Waals surface area contributed by atoms with Crippen LogP contribution in [0, 0.1) is 13.8 Å². The summed E-state index contributed by atoms with van der Waals surface area (Å²) in [5.41, 5.74) is 0.435. The smallest absolute Gasteiger partial charge is 0.325 e. The van der Waals surface area contributed by atoms with Gasteiger partial charge in [0.25, 0.3) is 5.91 Å². The van der Waals surface area contributed by atoms with Gasteiger partial charge in [-0.1, -0.05) is 12.1 Å². The highest BCUT2D eigenvalue weighted by atomic mass is 16.5. The largest absolute Gasteiger partial charge is 0.497 e. The second-order valence-corrected chi connectivity index (χ2v) is 6.12. The summed E-state index contributed by atoms with van der Waals surface area (Å²) in [5, 5.41) is 2.80. The Labute approximate surface area is 140 Å². The zero-order valence-corrected chi connectivity index (χ0v) is 14.2. The molecular formula is C18H20N2O4. The van der Waals surface area contributed by atoms with Gasteiger partial charge >= 0.3 is 6.03 Å². The summed E-state index contributed by atoms with van der Waals surface area (Å²) in [5.74, 6) is 1.78. The highest BCUT2D eigenvalue weighted by Crippen LogP contribution is 2.33. The molecule has 0 aliphatic carbocycles. The predicted octanol–water partition coefficient (Wildman–Crippen LogP) is 2.87. The maximum atomic E-state index is 12.9. The first-order valence-corrected chi connectivity index (χ1v) is 7.69. The van der Waals surface area contributed by atoms with E-state index < -0.39 is 11.6 Å². The van der Waals surface area contributed by atoms with Gasteiger partial charge < -0.3 is 14.5 Å². The Bertz CT molecular complexity index is 794. The number of carbonyl (C=O) groups excluding carboxylic acids is 2. The Morgan fingerprint density at radius 3 is 2.42 bits per heavy atom. The lowest BCUT2D eigenvalue weighted by molar-refractivity contribution is -0.131. The molecule has 2 heterocycles. The van der Waals surface area contributed by atoms with Crippen LogP contribution in [0.2, 0.25) is 0 Å². The summed E-state index contributed by atoms with van der Waals surface area (Å²) < 4.78 is 10.6. The molecule has 1 aliphatic heterocycles. The van der Waals surface area contributed by atoms with Crippen molar-refractivity contribution in [3.63, 3.8) is 0 Å². The second kappa shape index (κ2) is 5.70. The van der Waals surface area contributed by atoms with Crippen molar-refractivity contribution in [1.29, 1.82) is 0 Å². The number of ether oxygens (including phenoxy) is 1. The van der Waals surface area contributed by atoms with Crippen molar-refractivity contribution in [1.82, 2.24) is 10.2 Å². The molecule has 24 heavy (non-hydrogen) atoms. The minimum absolute atomic E-state index is 0.208. The fraction of sp³-hybridized carbons (Fsp3) is 0.333. The minimum atomic E-state index is -1.11. The van der Waals surface area contributed by atoms with E-state index in [1.807, 2.05) is 19.1 Å². The SMILES string of the molecule is COc1ccc(CN2C(=O)NC(C)(c3cc(C)oc3C)C2=O)cc1. The Hall–Kier alpha value is -2.76. The van der Waals surface area contributed by atoms with Crippen LogP contribution in [0.25, 0.3) is 0 Å². The molecule has 1 N–H and O–H groups in total. The molecule has 0 bridgehead atoms. The summed E-state index contributed by atoms with van der Waals surface area (Å²) in [4.78, 5) is 26.5. The molecule has 1 aliphatic rings. The molecule has 1 unspecified atom stereocenters. The summed E-state index contributed by atoms with van der Waals surface area (Å²) in [6.07, 6.45) is 0. The molecule has 2 aromatic rings. The molecule has 1 fully saturated rings. The van der Waals surface area contributed by atoms with Crippen molar-refractivity contribution in [2.24, 2.45) is 0 Å². The average Bonchev–Trinajstić information content (AvgIpc) is 3.00. The number of nitrogens with one attached hydrogen (secondary N) is 1. The van der Waals surface area contributed by atoms with Crippen LogP contribution in [0.4, 0.5) is 4.79 Å². The fourth-order valence-corrected chi connectivity index (χ4v) is 3.06. The first-order valence-electron chi connectivity index (χ1n) is 7.69. The third-order valence-corrected chi connectivity index (χ3v) is 4.35. The Morgan fingerprint density at radius 2 is 1.88 bits per heavy atom. The second-order valence-electron chi connectivity index (χ2n) is 6.12. The molecule has 1 atom stereocenters. The van der Waals surface area contributed by atoms with E-state index >= 15 is 0 Å². The van der Waals surface area contributed by atoms with E-state index in [0.29, 0.717) is 17.1 Å². The van der Waals surface area contributed by atoms with E-state index in [1.165, 1.54) is 4.90 Å². The van der Waals surface area contributed by atoms with Gasteiger partial charge in [0.05, 0.1) is 13.7 Å². The first-order chi connectivity index (χ1) is 11.3. The van der Waals surface area contributed by atoms with Crippen molar-refractivity contribution in [2.45, 2.75) is 32.9 Å². The number of benzene rings is 1. The molecule has 3 rings (SSSR count).